The largest absolute Gasteiger partial charge is 0.367 e. The van der Waals surface area contributed by atoms with Gasteiger partial charge in [0.1, 0.15) is 17.6 Å². The number of likely N-dealkylation sites (N-methyl/N-ethyl adjacent to an activating group) is 1. The molecule has 1 aliphatic heterocycles. The second kappa shape index (κ2) is 7.04. The van der Waals surface area contributed by atoms with E-state index in [-0.39, 0.29) is 5.91 Å². The predicted molar refractivity (Wildman–Crippen MR) is 80.7 cm³/mol. The number of rotatable bonds is 4. The van der Waals surface area contributed by atoms with Gasteiger partial charge >= 0.3 is 0 Å². The van der Waals surface area contributed by atoms with E-state index < -0.39 is 0 Å². The zero-order chi connectivity index (χ0) is 15.2. The lowest BCUT2D eigenvalue weighted by Gasteiger charge is -2.32. The smallest absolute Gasteiger partial charge is 0.236 e. The summed E-state index contributed by atoms with van der Waals surface area (Å²) in [6.07, 6.45) is 1.94. The van der Waals surface area contributed by atoms with Gasteiger partial charge in [-0.15, -0.1) is 0 Å². The number of hydrogen-bond donors (Lipinski definition) is 1. The number of nitrogens with one attached hydrogen (secondary N) is 1. The highest BCUT2D eigenvalue weighted by Crippen LogP contribution is 2.15. The van der Waals surface area contributed by atoms with E-state index in [2.05, 4.69) is 15.2 Å². The summed E-state index contributed by atoms with van der Waals surface area (Å²) in [6, 6.07) is 7.79. The summed E-state index contributed by atoms with van der Waals surface area (Å²) in [7, 11) is 3.56. The second-order valence-corrected chi connectivity index (χ2v) is 5.50. The van der Waals surface area contributed by atoms with Gasteiger partial charge in [-0.05, 0) is 25.0 Å². The van der Waals surface area contributed by atoms with Crippen molar-refractivity contribution < 1.29 is 4.79 Å². The van der Waals surface area contributed by atoms with Gasteiger partial charge in [0.05, 0.1) is 6.54 Å². The predicted octanol–water partition coefficient (Wildman–Crippen LogP) is 0.918. The van der Waals surface area contributed by atoms with Crippen molar-refractivity contribution in [2.45, 2.75) is 18.9 Å². The molecule has 1 amide bonds. The van der Waals surface area contributed by atoms with Gasteiger partial charge in [-0.1, -0.05) is 6.07 Å². The first-order valence-electron chi connectivity index (χ1n) is 7.14. The van der Waals surface area contributed by atoms with Crippen LogP contribution >= 0.6 is 0 Å². The van der Waals surface area contributed by atoms with Crippen LogP contribution in [-0.4, -0.2) is 60.5 Å². The number of nitrogens with zero attached hydrogens (tertiary/aromatic N) is 4. The van der Waals surface area contributed by atoms with E-state index in [0.717, 1.165) is 31.7 Å². The van der Waals surface area contributed by atoms with Crippen LogP contribution in [0.5, 0.6) is 0 Å². The summed E-state index contributed by atoms with van der Waals surface area (Å²) in [4.78, 5) is 19.7. The van der Waals surface area contributed by atoms with Crippen molar-refractivity contribution in [3.63, 3.8) is 0 Å². The van der Waals surface area contributed by atoms with Crippen molar-refractivity contribution in [1.29, 1.82) is 5.26 Å². The number of pyridine rings is 1. The molecule has 0 unspecified atom stereocenters. The summed E-state index contributed by atoms with van der Waals surface area (Å²) >= 11 is 0. The van der Waals surface area contributed by atoms with E-state index in [1.165, 1.54) is 0 Å². The fourth-order valence-electron chi connectivity index (χ4n) is 2.35. The van der Waals surface area contributed by atoms with Crippen LogP contribution in [0.15, 0.2) is 18.2 Å². The average Bonchev–Trinajstić information content (AvgIpc) is 2.49. The molecule has 1 saturated heterocycles. The first kappa shape index (κ1) is 15.3. The van der Waals surface area contributed by atoms with Gasteiger partial charge < -0.3 is 10.2 Å². The number of nitriles is 1. The van der Waals surface area contributed by atoms with Crippen molar-refractivity contribution in [3.05, 3.63) is 23.9 Å². The molecule has 21 heavy (non-hydrogen) atoms. The zero-order valence-corrected chi connectivity index (χ0v) is 12.5. The molecule has 1 aliphatic rings. The van der Waals surface area contributed by atoms with Crippen LogP contribution in [0.3, 0.4) is 0 Å². The SMILES string of the molecule is CN(C)C(=O)CN1CCC(Nc2cccc(C#N)n2)CC1. The fraction of sp³-hybridized carbons (Fsp3) is 0.533. The topological polar surface area (TPSA) is 72.3 Å². The van der Waals surface area contributed by atoms with Crippen molar-refractivity contribution in [3.8, 4) is 6.07 Å². The first-order valence-corrected chi connectivity index (χ1v) is 7.14. The molecule has 0 atom stereocenters. The van der Waals surface area contributed by atoms with Crippen LogP contribution in [0.1, 0.15) is 18.5 Å². The number of carbonyl (C=O) groups excluding carboxylic acids is 1. The van der Waals surface area contributed by atoms with Gasteiger partial charge in [0.15, 0.2) is 0 Å². The van der Waals surface area contributed by atoms with Crippen LogP contribution < -0.4 is 5.32 Å². The molecular weight excluding hydrogens is 266 g/mol. The number of aromatic nitrogens is 1. The Kier molecular flexibility index (Phi) is 5.12. The van der Waals surface area contributed by atoms with E-state index in [4.69, 9.17) is 5.26 Å². The molecule has 6 nitrogen and oxygen atoms in total. The lowest BCUT2D eigenvalue weighted by atomic mass is 10.0. The number of amides is 1. The molecule has 2 rings (SSSR count). The minimum absolute atomic E-state index is 0.143. The molecule has 2 heterocycles. The van der Waals surface area contributed by atoms with Gasteiger partial charge in [-0.2, -0.15) is 5.26 Å². The Morgan fingerprint density at radius 1 is 1.48 bits per heavy atom. The Bertz CT molecular complexity index is 529. The molecule has 0 aliphatic carbocycles. The second-order valence-electron chi connectivity index (χ2n) is 5.50. The summed E-state index contributed by atoms with van der Waals surface area (Å²) in [6.45, 7) is 2.28. The van der Waals surface area contributed by atoms with Gasteiger partial charge in [0, 0.05) is 33.2 Å². The highest BCUT2D eigenvalue weighted by atomic mass is 16.2. The quantitative estimate of drug-likeness (QED) is 0.891. The van der Waals surface area contributed by atoms with Crippen molar-refractivity contribution in [2.75, 3.05) is 39.0 Å². The highest BCUT2D eigenvalue weighted by Gasteiger charge is 2.21. The third-order valence-corrected chi connectivity index (χ3v) is 3.66. The Balaban J connectivity index is 1.81. The summed E-state index contributed by atoms with van der Waals surface area (Å²) in [5, 5.41) is 12.2. The maximum atomic E-state index is 11.7. The van der Waals surface area contributed by atoms with Crippen molar-refractivity contribution in [1.82, 2.24) is 14.8 Å². The number of likely N-dealkylation sites (tertiary alicyclic amines) is 1. The lowest BCUT2D eigenvalue weighted by Crippen LogP contribution is -2.44. The van der Waals surface area contributed by atoms with E-state index in [0.29, 0.717) is 18.3 Å². The van der Waals surface area contributed by atoms with Gasteiger partial charge in [-0.3, -0.25) is 9.69 Å². The summed E-state index contributed by atoms with van der Waals surface area (Å²) in [5.41, 5.74) is 0.425. The number of piperidine rings is 1. The highest BCUT2D eigenvalue weighted by molar-refractivity contribution is 5.77. The van der Waals surface area contributed by atoms with E-state index >= 15 is 0 Å². The normalized spacial score (nSPS) is 16.2. The lowest BCUT2D eigenvalue weighted by molar-refractivity contribution is -0.130. The fourth-order valence-corrected chi connectivity index (χ4v) is 2.35. The Labute approximate surface area is 125 Å². The van der Waals surface area contributed by atoms with Crippen LogP contribution in [0, 0.1) is 11.3 Å². The molecule has 0 bridgehead atoms. The zero-order valence-electron chi connectivity index (χ0n) is 12.5. The standard InChI is InChI=1S/C15H21N5O/c1-19(2)15(21)11-20-8-6-12(7-9-20)17-14-5-3-4-13(10-16)18-14/h3-5,12H,6-9,11H2,1-2H3,(H,17,18). The Hall–Kier alpha value is -2.13. The molecule has 0 spiro atoms. The average molecular weight is 287 g/mol. The minimum Gasteiger partial charge on any atom is -0.367 e. The van der Waals surface area contributed by atoms with E-state index in [1.54, 1.807) is 25.1 Å². The van der Waals surface area contributed by atoms with Crippen LogP contribution in [0.4, 0.5) is 5.82 Å². The molecule has 1 aromatic heterocycles. The van der Waals surface area contributed by atoms with Crippen LogP contribution in [0.25, 0.3) is 0 Å². The minimum atomic E-state index is 0.143. The van der Waals surface area contributed by atoms with Crippen molar-refractivity contribution in [2.24, 2.45) is 0 Å². The molecular formula is C15H21N5O. The number of anilines is 1. The number of carbonyl (C=O) groups is 1. The van der Waals surface area contributed by atoms with E-state index in [9.17, 15) is 4.79 Å². The van der Waals surface area contributed by atoms with Crippen LogP contribution in [0.2, 0.25) is 0 Å². The van der Waals surface area contributed by atoms with Crippen LogP contribution in [-0.2, 0) is 4.79 Å². The maximum Gasteiger partial charge on any atom is 0.236 e. The van der Waals surface area contributed by atoms with Gasteiger partial charge in [0.25, 0.3) is 0 Å². The molecule has 0 radical (unpaired) electrons. The van der Waals surface area contributed by atoms with Gasteiger partial charge in [-0.25, -0.2) is 4.98 Å². The molecule has 0 aromatic carbocycles. The molecule has 0 saturated carbocycles. The molecule has 1 aromatic rings. The van der Waals surface area contributed by atoms with Crippen molar-refractivity contribution >= 4 is 11.7 Å². The molecule has 1 N–H and O–H groups in total. The van der Waals surface area contributed by atoms with Gasteiger partial charge in [0.2, 0.25) is 5.91 Å². The Morgan fingerprint density at radius 3 is 2.81 bits per heavy atom. The first-order chi connectivity index (χ1) is 10.1. The summed E-state index contributed by atoms with van der Waals surface area (Å²) in [5.74, 6) is 0.890. The van der Waals surface area contributed by atoms with E-state index in [1.807, 2.05) is 18.2 Å². The maximum absolute atomic E-state index is 11.7. The third kappa shape index (κ3) is 4.43. The third-order valence-electron chi connectivity index (χ3n) is 3.66. The molecule has 1 fully saturated rings. The molecule has 112 valence electrons. The number of hydrogen-bond acceptors (Lipinski definition) is 5. The monoisotopic (exact) mass is 287 g/mol. The Morgan fingerprint density at radius 2 is 2.19 bits per heavy atom. The summed E-state index contributed by atoms with van der Waals surface area (Å²) < 4.78 is 0. The molecule has 6 heteroatoms.